The Bertz CT molecular complexity index is 162. The highest BCUT2D eigenvalue weighted by Gasteiger charge is 2.31. The maximum Gasteiger partial charge on any atom is 0.340 e. The number of aliphatic hydroxyl groups is 2. The van der Waals surface area contributed by atoms with Crippen LogP contribution in [0.5, 0.6) is 0 Å². The van der Waals surface area contributed by atoms with E-state index in [1.54, 1.807) is 18.9 Å². The van der Waals surface area contributed by atoms with Crippen LogP contribution in [0.1, 0.15) is 0 Å². The van der Waals surface area contributed by atoms with Gasteiger partial charge in [0.2, 0.25) is 0 Å². The monoisotopic (exact) mass is 214 g/mol. The summed E-state index contributed by atoms with van der Waals surface area (Å²) in [5, 5.41) is 17.7. The van der Waals surface area contributed by atoms with E-state index in [0.29, 0.717) is 0 Å². The van der Waals surface area contributed by atoms with Crippen molar-refractivity contribution >= 4 is 30.9 Å². The molecule has 70 valence electrons. The molecule has 0 rings (SSSR count). The third kappa shape index (κ3) is 2.99. The van der Waals surface area contributed by atoms with Gasteiger partial charge in [0.05, 0.1) is 18.9 Å². The van der Waals surface area contributed by atoms with Crippen LogP contribution in [0.15, 0.2) is 0 Å². The molecule has 0 aliphatic heterocycles. The van der Waals surface area contributed by atoms with Gasteiger partial charge in [-0.3, -0.25) is 0 Å². The van der Waals surface area contributed by atoms with Crippen molar-refractivity contribution in [1.82, 2.24) is 0 Å². The highest BCUT2D eigenvalue weighted by molar-refractivity contribution is 7.11. The molecule has 0 saturated carbocycles. The van der Waals surface area contributed by atoms with Crippen molar-refractivity contribution in [2.75, 3.05) is 0 Å². The Hall–Kier alpha value is -0.280. The van der Waals surface area contributed by atoms with Crippen LogP contribution in [0.2, 0.25) is 0 Å². The van der Waals surface area contributed by atoms with Crippen molar-refractivity contribution in [3.63, 3.8) is 0 Å². The van der Waals surface area contributed by atoms with Crippen LogP contribution in [0.4, 0.5) is 0 Å². The van der Waals surface area contributed by atoms with E-state index in [4.69, 9.17) is 10.2 Å². The first-order valence-electron chi connectivity index (χ1n) is 2.71. The zero-order chi connectivity index (χ0) is 9.72. The maximum atomic E-state index is 10.5. The molecule has 2 N–H and O–H groups in total. The normalized spacial score (nSPS) is 14.7. The molecule has 6 nitrogen and oxygen atoms in total. The predicted octanol–water partition coefficient (Wildman–Crippen LogP) is -1.63. The molecule has 0 aromatic rings. The molecule has 0 heterocycles. The van der Waals surface area contributed by atoms with Crippen molar-refractivity contribution in [2.45, 2.75) is 12.2 Å². The minimum atomic E-state index is -1.93. The smallest absolute Gasteiger partial charge is 0.340 e. The van der Waals surface area contributed by atoms with E-state index < -0.39 is 24.1 Å². The van der Waals surface area contributed by atoms with Crippen molar-refractivity contribution < 1.29 is 28.8 Å². The van der Waals surface area contributed by atoms with E-state index in [9.17, 15) is 9.59 Å². The minimum absolute atomic E-state index is 1.14. The Morgan fingerprint density at radius 1 is 1.00 bits per heavy atom. The Balaban J connectivity index is 4.18. The van der Waals surface area contributed by atoms with Gasteiger partial charge in [-0.25, -0.2) is 9.59 Å². The molecule has 0 radical (unpaired) electrons. The average molecular weight is 214 g/mol. The fourth-order valence-electron chi connectivity index (χ4n) is 0.397. The number of rotatable bonds is 3. The molecule has 8 heteroatoms. The highest BCUT2D eigenvalue weighted by atomic mass is 31.0. The number of aliphatic hydroxyl groups excluding tert-OH is 2. The molecule has 0 amide bonds. The fraction of sp³-hybridized carbons (Fsp3) is 0.500. The van der Waals surface area contributed by atoms with Crippen LogP contribution >= 0.6 is 18.9 Å². The van der Waals surface area contributed by atoms with Gasteiger partial charge in [-0.15, -0.1) is 0 Å². The van der Waals surface area contributed by atoms with E-state index in [1.165, 1.54) is 0 Å². The number of hydrogen-bond donors (Lipinski definition) is 2. The largest absolute Gasteiger partial charge is 0.450 e. The molecular formula is C4H8O6P2. The summed E-state index contributed by atoms with van der Waals surface area (Å²) in [6.07, 6.45) is -3.87. The van der Waals surface area contributed by atoms with Crippen LogP contribution in [-0.4, -0.2) is 34.4 Å². The van der Waals surface area contributed by atoms with Gasteiger partial charge < -0.3 is 19.3 Å². The summed E-state index contributed by atoms with van der Waals surface area (Å²) in [4.78, 5) is 21.0. The van der Waals surface area contributed by atoms with Crippen LogP contribution in [0, 0.1) is 0 Å². The summed E-state index contributed by atoms with van der Waals surface area (Å²) in [6.45, 7) is 0. The number of carbonyl (C=O) groups excluding carboxylic acids is 2. The second-order valence-corrected chi connectivity index (χ2v) is 2.23. The second-order valence-electron chi connectivity index (χ2n) is 1.76. The van der Waals surface area contributed by atoms with Gasteiger partial charge in [-0.2, -0.15) is 0 Å². The van der Waals surface area contributed by atoms with Gasteiger partial charge in [0.15, 0.2) is 12.2 Å². The lowest BCUT2D eigenvalue weighted by molar-refractivity contribution is -0.161. The van der Waals surface area contributed by atoms with E-state index in [1.807, 2.05) is 0 Å². The van der Waals surface area contributed by atoms with E-state index in [2.05, 4.69) is 9.05 Å². The number of hydrogen-bond acceptors (Lipinski definition) is 6. The third-order valence-corrected chi connectivity index (χ3v) is 1.48. The van der Waals surface area contributed by atoms with Crippen molar-refractivity contribution in [2.24, 2.45) is 0 Å². The minimum Gasteiger partial charge on any atom is -0.450 e. The third-order valence-electron chi connectivity index (χ3n) is 1.01. The molecule has 0 aliphatic carbocycles. The molecule has 0 bridgehead atoms. The molecule has 0 aromatic heterocycles. The lowest BCUT2D eigenvalue weighted by atomic mass is 10.2. The average Bonchev–Trinajstić information content (AvgIpc) is 2.12. The van der Waals surface area contributed by atoms with E-state index >= 15 is 0 Å². The van der Waals surface area contributed by atoms with Gasteiger partial charge in [0.25, 0.3) is 0 Å². The summed E-state index contributed by atoms with van der Waals surface area (Å²) in [7, 11) is 3.16. The number of carbonyl (C=O) groups is 2. The topological polar surface area (TPSA) is 93.1 Å². The molecule has 0 saturated heterocycles. The first-order valence-corrected chi connectivity index (χ1v) is 3.66. The van der Waals surface area contributed by atoms with Crippen LogP contribution < -0.4 is 0 Å². The summed E-state index contributed by atoms with van der Waals surface area (Å²) in [5.41, 5.74) is 0. The maximum absolute atomic E-state index is 10.5. The summed E-state index contributed by atoms with van der Waals surface area (Å²) in [5.74, 6) is -2.27. The first kappa shape index (κ1) is 11.7. The molecule has 0 spiro atoms. The Labute approximate surface area is 72.8 Å². The summed E-state index contributed by atoms with van der Waals surface area (Å²) < 4.78 is 7.96. The van der Waals surface area contributed by atoms with E-state index in [0.717, 1.165) is 0 Å². The SMILES string of the molecule is O=C(OP)C(O)C(O)C(=O)OP. The van der Waals surface area contributed by atoms with Crippen LogP contribution in [0.25, 0.3) is 0 Å². The Kier molecular flexibility index (Phi) is 5.25. The van der Waals surface area contributed by atoms with Crippen molar-refractivity contribution in [1.29, 1.82) is 0 Å². The predicted molar refractivity (Wildman–Crippen MR) is 43.6 cm³/mol. The Morgan fingerprint density at radius 2 is 1.25 bits per heavy atom. The second kappa shape index (κ2) is 5.38. The lowest BCUT2D eigenvalue weighted by Crippen LogP contribution is -2.39. The van der Waals surface area contributed by atoms with Gasteiger partial charge in [-0.05, 0) is 0 Å². The zero-order valence-electron chi connectivity index (χ0n) is 5.84. The first-order chi connectivity index (χ1) is 5.54. The molecule has 0 fully saturated rings. The summed E-state index contributed by atoms with van der Waals surface area (Å²) >= 11 is 0. The van der Waals surface area contributed by atoms with Gasteiger partial charge in [0.1, 0.15) is 0 Å². The van der Waals surface area contributed by atoms with Gasteiger partial charge in [0, 0.05) is 0 Å². The van der Waals surface area contributed by atoms with Gasteiger partial charge in [-0.1, -0.05) is 0 Å². The van der Waals surface area contributed by atoms with Gasteiger partial charge >= 0.3 is 11.9 Å². The highest BCUT2D eigenvalue weighted by Crippen LogP contribution is 2.03. The van der Waals surface area contributed by atoms with Crippen LogP contribution in [-0.2, 0) is 18.6 Å². The van der Waals surface area contributed by atoms with Crippen LogP contribution in [0.3, 0.4) is 0 Å². The van der Waals surface area contributed by atoms with E-state index in [-0.39, 0.29) is 0 Å². The van der Waals surface area contributed by atoms with Crippen molar-refractivity contribution in [3.05, 3.63) is 0 Å². The standard InChI is InChI=1S/C4H8O6P2/c5-1(3(7)9-11)2(6)4(8)10-12/h1-2,5-6H,11-12H2. The molecule has 4 atom stereocenters. The molecule has 4 unspecified atom stereocenters. The summed E-state index contributed by atoms with van der Waals surface area (Å²) in [6, 6.07) is 0. The Morgan fingerprint density at radius 3 is 1.42 bits per heavy atom. The van der Waals surface area contributed by atoms with Crippen molar-refractivity contribution in [3.8, 4) is 0 Å². The lowest BCUT2D eigenvalue weighted by Gasteiger charge is -2.12. The molecule has 0 aromatic carbocycles. The molecule has 0 aliphatic rings. The molecular weight excluding hydrogens is 206 g/mol. The fourth-order valence-corrected chi connectivity index (χ4v) is 0.676. The zero-order valence-corrected chi connectivity index (χ0v) is 8.15. The molecule has 12 heavy (non-hydrogen) atoms. The quantitative estimate of drug-likeness (QED) is 0.548.